The van der Waals surface area contributed by atoms with Crippen LogP contribution >= 0.6 is 11.8 Å². The van der Waals surface area contributed by atoms with Crippen LogP contribution in [0.2, 0.25) is 0 Å². The van der Waals surface area contributed by atoms with E-state index in [1.165, 1.54) is 0 Å². The number of piperazine rings is 1. The van der Waals surface area contributed by atoms with Crippen LogP contribution in [0.4, 0.5) is 0 Å². The predicted molar refractivity (Wildman–Crippen MR) is 232 cm³/mol. The second-order valence-electron chi connectivity index (χ2n) is 14.9. The molecule has 3 saturated heterocycles. The molecule has 0 spiro atoms. The minimum atomic E-state index is -0.615. The van der Waals surface area contributed by atoms with Crippen LogP contribution in [0.15, 0.2) is 78.9 Å². The molecule has 1 aromatic heterocycles. The number of para-hydroxylation sites is 1. The van der Waals surface area contributed by atoms with Gasteiger partial charge in [0.05, 0.1) is 6.04 Å². The van der Waals surface area contributed by atoms with Crippen molar-refractivity contribution in [3.8, 4) is 23.1 Å². The third kappa shape index (κ3) is 14.7. The molecule has 5 N–H and O–H groups in total. The second kappa shape index (κ2) is 24.2. The number of unbranched alkanes of at least 4 members (excludes halogenated alkanes) is 1. The number of likely N-dealkylation sites (tertiary alicyclic amines) is 1. The maximum Gasteiger partial charge on any atom is 0.254 e. The molecule has 2 unspecified atom stereocenters. The number of piperidine rings is 1. The standard InChI is InChI=1S/C38H48N6O5.C6H12N2OS/c1-2-3-10-35(45)40-20-24-43-27-25-42(26-28-43)21-7-11-36(46)44-22-18-29(19-23-44)34-17-16-33(37(39)47)38(41-34)49-32-14-12-31(13-15-32)48-30-8-5-4-6-9-30;1-7-5-2-10-3-6(5)8-4-9/h4-9,11-17,29H,2-3,10,18-28H2,1H3,(H2,39,47)(H,40,45);4-7H,2-3H2,1H3,(H,8,9)/b11-7+;. The number of aromatic nitrogens is 1. The van der Waals surface area contributed by atoms with E-state index in [1.807, 2.05) is 66.2 Å². The van der Waals surface area contributed by atoms with Gasteiger partial charge >= 0.3 is 0 Å². The minimum absolute atomic E-state index is 0.0247. The first kappa shape index (κ1) is 45.1. The number of benzene rings is 2. The van der Waals surface area contributed by atoms with Crippen molar-refractivity contribution in [2.24, 2.45) is 5.73 Å². The van der Waals surface area contributed by atoms with E-state index in [1.54, 1.807) is 36.4 Å². The number of thioether (sulfide) groups is 1. The zero-order valence-electron chi connectivity index (χ0n) is 34.4. The number of likely N-dealkylation sites (N-methyl/N-ethyl adjacent to an activating group) is 1. The predicted octanol–water partition coefficient (Wildman–Crippen LogP) is 4.39. The zero-order chi connectivity index (χ0) is 41.8. The summed E-state index contributed by atoms with van der Waals surface area (Å²) < 4.78 is 11.9. The molecule has 318 valence electrons. The molecule has 3 fully saturated rings. The van der Waals surface area contributed by atoms with Gasteiger partial charge in [-0.05, 0) is 74.8 Å². The summed E-state index contributed by atoms with van der Waals surface area (Å²) in [6, 6.07) is 20.9. The Morgan fingerprint density at radius 2 is 1.53 bits per heavy atom. The number of primary amides is 1. The maximum absolute atomic E-state index is 13.0. The molecule has 14 nitrogen and oxygen atoms in total. The lowest BCUT2D eigenvalue weighted by Gasteiger charge is -2.34. The van der Waals surface area contributed by atoms with Gasteiger partial charge in [-0.3, -0.25) is 29.0 Å². The number of nitrogens with zero attached hydrogens (tertiary/aromatic N) is 4. The Morgan fingerprint density at radius 1 is 0.864 bits per heavy atom. The summed E-state index contributed by atoms with van der Waals surface area (Å²) in [5, 5.41) is 8.95. The van der Waals surface area contributed by atoms with Crippen molar-refractivity contribution in [2.45, 2.75) is 57.0 Å². The molecule has 3 aromatic rings. The fraction of sp³-hybridized carbons (Fsp3) is 0.477. The van der Waals surface area contributed by atoms with E-state index in [-0.39, 0.29) is 29.2 Å². The number of pyridine rings is 1. The number of carbonyl (C=O) groups is 4. The van der Waals surface area contributed by atoms with Crippen molar-refractivity contribution in [3.63, 3.8) is 0 Å². The van der Waals surface area contributed by atoms with Gasteiger partial charge in [-0.25, -0.2) is 4.98 Å². The number of hydrogen-bond acceptors (Lipinski definition) is 11. The molecule has 15 heteroatoms. The molecule has 59 heavy (non-hydrogen) atoms. The average molecular weight is 829 g/mol. The van der Waals surface area contributed by atoms with Gasteiger partial charge < -0.3 is 36.1 Å². The Morgan fingerprint density at radius 3 is 2.19 bits per heavy atom. The quantitative estimate of drug-likeness (QED) is 0.106. The highest BCUT2D eigenvalue weighted by Crippen LogP contribution is 2.32. The summed E-state index contributed by atoms with van der Waals surface area (Å²) in [4.78, 5) is 58.3. The number of ether oxygens (including phenoxy) is 2. The second-order valence-corrected chi connectivity index (χ2v) is 15.9. The third-order valence-corrected chi connectivity index (χ3v) is 11.9. The molecule has 0 aliphatic carbocycles. The molecule has 3 aliphatic rings. The first-order valence-corrected chi connectivity index (χ1v) is 21.8. The van der Waals surface area contributed by atoms with Crippen LogP contribution in [0.1, 0.15) is 61.0 Å². The topological polar surface area (TPSA) is 171 Å². The number of nitrogens with two attached hydrogens (primary N) is 1. The van der Waals surface area contributed by atoms with Gasteiger partial charge in [-0.15, -0.1) is 0 Å². The molecule has 0 bridgehead atoms. The summed E-state index contributed by atoms with van der Waals surface area (Å²) >= 11 is 1.87. The molecule has 0 saturated carbocycles. The van der Waals surface area contributed by atoms with Crippen molar-refractivity contribution >= 4 is 35.9 Å². The molecule has 0 radical (unpaired) electrons. The smallest absolute Gasteiger partial charge is 0.254 e. The van der Waals surface area contributed by atoms with Gasteiger partial charge in [-0.2, -0.15) is 11.8 Å². The van der Waals surface area contributed by atoms with E-state index in [4.69, 9.17) is 20.2 Å². The Kier molecular flexibility index (Phi) is 18.5. The van der Waals surface area contributed by atoms with Crippen LogP contribution < -0.4 is 31.2 Å². The Balaban J connectivity index is 0.000000578. The van der Waals surface area contributed by atoms with Crippen molar-refractivity contribution in [3.05, 3.63) is 90.1 Å². The summed E-state index contributed by atoms with van der Waals surface area (Å²) in [6.45, 7) is 9.43. The van der Waals surface area contributed by atoms with Crippen molar-refractivity contribution in [1.29, 1.82) is 0 Å². The van der Waals surface area contributed by atoms with Crippen LogP contribution in [0.25, 0.3) is 0 Å². The van der Waals surface area contributed by atoms with Gasteiger partial charge in [0.2, 0.25) is 24.1 Å². The van der Waals surface area contributed by atoms with Crippen LogP contribution in [0.5, 0.6) is 23.1 Å². The van der Waals surface area contributed by atoms with E-state index >= 15 is 0 Å². The summed E-state index contributed by atoms with van der Waals surface area (Å²) in [7, 11) is 1.93. The highest BCUT2D eigenvalue weighted by Gasteiger charge is 2.26. The van der Waals surface area contributed by atoms with Crippen LogP contribution in [-0.4, -0.2) is 133 Å². The van der Waals surface area contributed by atoms with Crippen LogP contribution in [-0.2, 0) is 14.4 Å². The minimum Gasteiger partial charge on any atom is -0.457 e. The fourth-order valence-corrected chi connectivity index (χ4v) is 8.50. The molecule has 4 heterocycles. The lowest BCUT2D eigenvalue weighted by molar-refractivity contribution is -0.127. The van der Waals surface area contributed by atoms with E-state index < -0.39 is 5.91 Å². The average Bonchev–Trinajstić information content (AvgIpc) is 3.72. The molecular formula is C44H60N8O6S. The number of carbonyl (C=O) groups excluding carboxylic acids is 4. The zero-order valence-corrected chi connectivity index (χ0v) is 35.2. The lowest BCUT2D eigenvalue weighted by Crippen LogP contribution is -2.48. The summed E-state index contributed by atoms with van der Waals surface area (Å²) in [5.74, 6) is 3.86. The highest BCUT2D eigenvalue weighted by atomic mass is 32.2. The van der Waals surface area contributed by atoms with Gasteiger partial charge in [0.15, 0.2) is 0 Å². The fourth-order valence-electron chi connectivity index (χ4n) is 7.13. The number of nitrogens with one attached hydrogen (secondary N) is 3. The Bertz CT molecular complexity index is 1800. The summed E-state index contributed by atoms with van der Waals surface area (Å²) in [6.07, 6.45) is 8.53. The lowest BCUT2D eigenvalue weighted by atomic mass is 9.92. The molecule has 2 aromatic carbocycles. The normalized spacial score (nSPS) is 18.8. The number of hydrogen-bond donors (Lipinski definition) is 4. The third-order valence-electron chi connectivity index (χ3n) is 10.7. The van der Waals surface area contributed by atoms with Crippen molar-refractivity contribution < 1.29 is 28.7 Å². The van der Waals surface area contributed by atoms with Gasteiger partial charge in [-0.1, -0.05) is 37.6 Å². The van der Waals surface area contributed by atoms with E-state index in [2.05, 4.69) is 32.7 Å². The van der Waals surface area contributed by atoms with Crippen LogP contribution in [0, 0.1) is 0 Å². The molecule has 3 aliphatic heterocycles. The van der Waals surface area contributed by atoms with E-state index in [0.29, 0.717) is 49.6 Å². The van der Waals surface area contributed by atoms with Gasteiger partial charge in [0.1, 0.15) is 22.8 Å². The Labute approximate surface area is 352 Å². The molecular weight excluding hydrogens is 769 g/mol. The maximum atomic E-state index is 13.0. The van der Waals surface area contributed by atoms with Crippen molar-refractivity contribution in [1.82, 2.24) is 35.6 Å². The molecule has 4 amide bonds. The first-order valence-electron chi connectivity index (χ1n) is 20.7. The number of amides is 4. The first-order chi connectivity index (χ1) is 28.8. The monoisotopic (exact) mass is 828 g/mol. The van der Waals surface area contributed by atoms with E-state index in [9.17, 15) is 19.2 Å². The number of rotatable bonds is 18. The SMILES string of the molecule is CCCCC(=O)NCCN1CCN(C/C=C/C(=O)N2CCC(c3ccc(C(N)=O)c(Oc4ccc(Oc5ccccc5)cc4)n3)CC2)CC1.CNC1CSCC1NC=O. The molecule has 6 rings (SSSR count). The summed E-state index contributed by atoms with van der Waals surface area (Å²) in [5.41, 5.74) is 6.66. The molecule has 2 atom stereocenters. The van der Waals surface area contributed by atoms with Gasteiger partial charge in [0, 0.05) is 101 Å². The Hall–Kier alpha value is -4.96. The van der Waals surface area contributed by atoms with Crippen LogP contribution in [0.3, 0.4) is 0 Å². The van der Waals surface area contributed by atoms with Crippen molar-refractivity contribution in [2.75, 3.05) is 77.5 Å². The van der Waals surface area contributed by atoms with Gasteiger partial charge in [0.25, 0.3) is 5.91 Å². The highest BCUT2D eigenvalue weighted by molar-refractivity contribution is 7.99. The van der Waals surface area contributed by atoms with E-state index in [0.717, 1.165) is 94.3 Å². The largest absolute Gasteiger partial charge is 0.457 e.